The van der Waals surface area contributed by atoms with Crippen LogP contribution in [0.25, 0.3) is 0 Å². The Hall–Kier alpha value is -3.33. The van der Waals surface area contributed by atoms with Crippen LogP contribution >= 0.6 is 12.2 Å². The number of aromatic nitrogens is 3. The van der Waals surface area contributed by atoms with Gasteiger partial charge in [-0.05, 0) is 61.1 Å². The molecule has 1 aromatic heterocycles. The zero-order valence-corrected chi connectivity index (χ0v) is 15.9. The number of rotatable bonds is 6. The molecule has 0 radical (unpaired) electrons. The lowest BCUT2D eigenvalue weighted by atomic mass is 10.2. The molecule has 7 nitrogen and oxygen atoms in total. The summed E-state index contributed by atoms with van der Waals surface area (Å²) in [6, 6.07) is 12.9. The minimum atomic E-state index is -0.370. The molecule has 0 spiro atoms. The summed E-state index contributed by atoms with van der Waals surface area (Å²) in [6.45, 7) is 2.55. The molecule has 0 unspecified atom stereocenters. The Labute approximate surface area is 166 Å². The number of benzene rings is 2. The van der Waals surface area contributed by atoms with E-state index in [1.807, 2.05) is 0 Å². The molecule has 0 saturated heterocycles. The fraction of sp³-hybridized carbons (Fsp3) is 0.158. The van der Waals surface area contributed by atoms with Crippen LogP contribution in [0.1, 0.15) is 22.8 Å². The molecule has 2 N–H and O–H groups in total. The molecule has 0 aliphatic rings. The van der Waals surface area contributed by atoms with Gasteiger partial charge in [0.1, 0.15) is 12.1 Å². The SMILES string of the molecule is CCOC(=O)c1ccc(NC(=S)Nc2ncn(Cc3ccc(F)cc3)n2)cc1. The summed E-state index contributed by atoms with van der Waals surface area (Å²) in [5.41, 5.74) is 2.07. The van der Waals surface area contributed by atoms with Crippen LogP contribution in [0.2, 0.25) is 0 Å². The molecule has 3 aromatic rings. The van der Waals surface area contributed by atoms with Crippen molar-refractivity contribution in [2.45, 2.75) is 13.5 Å². The van der Waals surface area contributed by atoms with Crippen molar-refractivity contribution in [3.05, 3.63) is 71.8 Å². The Morgan fingerprint density at radius 2 is 1.86 bits per heavy atom. The Bertz CT molecular complexity index is 957. The Balaban J connectivity index is 1.54. The maximum atomic E-state index is 13.0. The predicted molar refractivity (Wildman–Crippen MR) is 108 cm³/mol. The van der Waals surface area contributed by atoms with E-state index in [2.05, 4.69) is 20.7 Å². The highest BCUT2D eigenvalue weighted by Crippen LogP contribution is 2.11. The van der Waals surface area contributed by atoms with Crippen LogP contribution in [0.15, 0.2) is 54.9 Å². The van der Waals surface area contributed by atoms with E-state index in [1.165, 1.54) is 12.1 Å². The molecule has 28 heavy (non-hydrogen) atoms. The van der Waals surface area contributed by atoms with Crippen molar-refractivity contribution in [2.75, 3.05) is 17.2 Å². The van der Waals surface area contributed by atoms with Gasteiger partial charge < -0.3 is 10.1 Å². The summed E-state index contributed by atoms with van der Waals surface area (Å²) < 4.78 is 19.5. The highest BCUT2D eigenvalue weighted by Gasteiger charge is 2.07. The number of nitrogens with zero attached hydrogens (tertiary/aromatic N) is 3. The number of carbonyl (C=O) groups is 1. The summed E-state index contributed by atoms with van der Waals surface area (Å²) in [6.07, 6.45) is 1.56. The van der Waals surface area contributed by atoms with Gasteiger partial charge in [0.05, 0.1) is 18.7 Å². The summed E-state index contributed by atoms with van der Waals surface area (Å²) >= 11 is 5.25. The molecule has 0 atom stereocenters. The van der Waals surface area contributed by atoms with Gasteiger partial charge in [-0.25, -0.2) is 18.9 Å². The van der Waals surface area contributed by atoms with Gasteiger partial charge in [0.25, 0.3) is 0 Å². The average molecular weight is 399 g/mol. The average Bonchev–Trinajstić information content (AvgIpc) is 3.11. The van der Waals surface area contributed by atoms with E-state index in [-0.39, 0.29) is 11.8 Å². The van der Waals surface area contributed by atoms with Crippen molar-refractivity contribution >= 4 is 34.9 Å². The first-order valence-corrected chi connectivity index (χ1v) is 8.93. The molecule has 3 rings (SSSR count). The summed E-state index contributed by atoms with van der Waals surface area (Å²) in [4.78, 5) is 15.8. The Kier molecular flexibility index (Phi) is 6.28. The third-order valence-corrected chi connectivity index (χ3v) is 3.88. The first-order valence-electron chi connectivity index (χ1n) is 8.52. The second-order valence-electron chi connectivity index (χ2n) is 5.77. The van der Waals surface area contributed by atoms with Crippen molar-refractivity contribution < 1.29 is 13.9 Å². The van der Waals surface area contributed by atoms with Gasteiger partial charge in [-0.15, -0.1) is 5.10 Å². The molecule has 1 heterocycles. The van der Waals surface area contributed by atoms with Crippen LogP contribution in [0.5, 0.6) is 0 Å². The fourth-order valence-electron chi connectivity index (χ4n) is 2.37. The van der Waals surface area contributed by atoms with Gasteiger partial charge in [0, 0.05) is 5.69 Å². The molecule has 9 heteroatoms. The lowest BCUT2D eigenvalue weighted by Gasteiger charge is -2.08. The van der Waals surface area contributed by atoms with Crippen LogP contribution in [0.4, 0.5) is 16.0 Å². The van der Waals surface area contributed by atoms with Crippen LogP contribution in [0, 0.1) is 5.82 Å². The second-order valence-corrected chi connectivity index (χ2v) is 6.18. The van der Waals surface area contributed by atoms with E-state index in [1.54, 1.807) is 54.3 Å². The maximum Gasteiger partial charge on any atom is 0.338 e. The van der Waals surface area contributed by atoms with Gasteiger partial charge in [-0.2, -0.15) is 0 Å². The largest absolute Gasteiger partial charge is 0.462 e. The Morgan fingerprint density at radius 3 is 2.54 bits per heavy atom. The van der Waals surface area contributed by atoms with E-state index in [9.17, 15) is 9.18 Å². The van der Waals surface area contributed by atoms with Gasteiger partial charge >= 0.3 is 5.97 Å². The van der Waals surface area contributed by atoms with Crippen molar-refractivity contribution in [3.8, 4) is 0 Å². The Morgan fingerprint density at radius 1 is 1.14 bits per heavy atom. The molecule has 0 aliphatic carbocycles. The lowest BCUT2D eigenvalue weighted by molar-refractivity contribution is 0.0526. The number of carbonyl (C=O) groups excluding carboxylic acids is 1. The van der Waals surface area contributed by atoms with Crippen molar-refractivity contribution in [3.63, 3.8) is 0 Å². The van der Waals surface area contributed by atoms with Crippen molar-refractivity contribution in [2.24, 2.45) is 0 Å². The number of anilines is 2. The van der Waals surface area contributed by atoms with E-state index in [0.717, 1.165) is 5.56 Å². The number of thiocarbonyl (C=S) groups is 1. The van der Waals surface area contributed by atoms with E-state index >= 15 is 0 Å². The van der Waals surface area contributed by atoms with E-state index < -0.39 is 0 Å². The second kappa shape index (κ2) is 9.05. The first kappa shape index (κ1) is 19.4. The minimum absolute atomic E-state index is 0.281. The smallest absolute Gasteiger partial charge is 0.338 e. The van der Waals surface area contributed by atoms with E-state index in [0.29, 0.717) is 35.5 Å². The third kappa shape index (κ3) is 5.34. The molecule has 0 saturated carbocycles. The van der Waals surface area contributed by atoms with Gasteiger partial charge in [-0.3, -0.25) is 5.32 Å². The van der Waals surface area contributed by atoms with Crippen LogP contribution < -0.4 is 10.6 Å². The van der Waals surface area contributed by atoms with Crippen LogP contribution in [-0.2, 0) is 11.3 Å². The third-order valence-electron chi connectivity index (χ3n) is 3.67. The number of ether oxygens (including phenoxy) is 1. The molecule has 0 bridgehead atoms. The first-order chi connectivity index (χ1) is 13.5. The molecule has 0 aliphatic heterocycles. The highest BCUT2D eigenvalue weighted by atomic mass is 32.1. The predicted octanol–water partition coefficient (Wildman–Crippen LogP) is 3.45. The zero-order chi connectivity index (χ0) is 19.9. The molecule has 0 amide bonds. The summed E-state index contributed by atoms with van der Waals surface area (Å²) in [7, 11) is 0. The topological polar surface area (TPSA) is 81.1 Å². The number of hydrogen-bond donors (Lipinski definition) is 2. The number of hydrogen-bond acceptors (Lipinski definition) is 5. The monoisotopic (exact) mass is 399 g/mol. The maximum absolute atomic E-state index is 13.0. The lowest BCUT2D eigenvalue weighted by Crippen LogP contribution is -2.20. The van der Waals surface area contributed by atoms with Crippen LogP contribution in [-0.4, -0.2) is 32.5 Å². The zero-order valence-electron chi connectivity index (χ0n) is 15.1. The molecular formula is C19H18FN5O2S. The van der Waals surface area contributed by atoms with E-state index in [4.69, 9.17) is 17.0 Å². The van der Waals surface area contributed by atoms with Crippen LogP contribution in [0.3, 0.4) is 0 Å². The van der Waals surface area contributed by atoms with Crippen molar-refractivity contribution in [1.82, 2.24) is 14.8 Å². The van der Waals surface area contributed by atoms with Gasteiger partial charge in [-0.1, -0.05) is 12.1 Å². The van der Waals surface area contributed by atoms with Gasteiger partial charge in [0.2, 0.25) is 5.95 Å². The van der Waals surface area contributed by atoms with Gasteiger partial charge in [0.15, 0.2) is 5.11 Å². The highest BCUT2D eigenvalue weighted by molar-refractivity contribution is 7.80. The number of esters is 1. The quantitative estimate of drug-likeness (QED) is 0.485. The standard InChI is InChI=1S/C19H18FN5O2S/c1-2-27-17(26)14-5-9-16(10-6-14)22-19(28)23-18-21-12-25(24-18)11-13-3-7-15(20)8-4-13/h3-10,12H,2,11H2,1H3,(H2,22,23,24,28). The van der Waals surface area contributed by atoms with Crippen molar-refractivity contribution in [1.29, 1.82) is 0 Å². The molecule has 144 valence electrons. The fourth-order valence-corrected chi connectivity index (χ4v) is 2.58. The molecular weight excluding hydrogens is 381 g/mol. The number of halogens is 1. The minimum Gasteiger partial charge on any atom is -0.462 e. The summed E-state index contributed by atoms with van der Waals surface area (Å²) in [5.74, 6) is -0.315. The number of nitrogens with one attached hydrogen (secondary N) is 2. The normalized spacial score (nSPS) is 10.4. The molecule has 0 fully saturated rings. The molecule has 2 aromatic carbocycles. The summed E-state index contributed by atoms with van der Waals surface area (Å²) in [5, 5.41) is 10.5.